The van der Waals surface area contributed by atoms with Crippen molar-refractivity contribution < 1.29 is 19.4 Å². The van der Waals surface area contributed by atoms with Gasteiger partial charge in [-0.3, -0.25) is 9.59 Å². The van der Waals surface area contributed by atoms with Crippen LogP contribution in [0.3, 0.4) is 0 Å². The van der Waals surface area contributed by atoms with Crippen LogP contribution in [0.4, 0.5) is 0 Å². The first kappa shape index (κ1) is 11.0. The second-order valence-electron chi connectivity index (χ2n) is 3.56. The molecule has 0 aromatic rings. The number of rotatable bonds is 3. The molecule has 2 atom stereocenters. The molecule has 1 N–H and O–H groups in total. The predicted molar refractivity (Wildman–Crippen MR) is 48.8 cm³/mol. The third-order valence-electron chi connectivity index (χ3n) is 2.57. The maximum absolute atomic E-state index is 11.1. The van der Waals surface area contributed by atoms with Crippen molar-refractivity contribution in [2.24, 2.45) is 5.92 Å². The molecule has 1 fully saturated rings. The zero-order valence-corrected chi connectivity index (χ0v) is 8.40. The van der Waals surface area contributed by atoms with Crippen LogP contribution in [0.15, 0.2) is 0 Å². The maximum atomic E-state index is 11.1. The van der Waals surface area contributed by atoms with Gasteiger partial charge < -0.3 is 14.7 Å². The summed E-state index contributed by atoms with van der Waals surface area (Å²) in [5, 5.41) is 8.65. The molecule has 0 saturated carbocycles. The molecule has 5 heteroatoms. The van der Waals surface area contributed by atoms with Crippen molar-refractivity contribution in [3.8, 4) is 0 Å². The number of ether oxygens (including phenoxy) is 1. The lowest BCUT2D eigenvalue weighted by molar-refractivity contribution is -0.139. The minimum Gasteiger partial charge on any atom is -0.481 e. The number of carboxylic acid groups (broad SMARTS) is 1. The number of carbonyl (C=O) groups excluding carboxylic acids is 1. The van der Waals surface area contributed by atoms with E-state index in [2.05, 4.69) is 0 Å². The van der Waals surface area contributed by atoms with E-state index in [0.29, 0.717) is 13.1 Å². The Bertz CT molecular complexity index is 241. The number of carbonyl (C=O) groups is 2. The summed E-state index contributed by atoms with van der Waals surface area (Å²) in [6.45, 7) is 2.47. The summed E-state index contributed by atoms with van der Waals surface area (Å²) in [4.78, 5) is 23.2. The van der Waals surface area contributed by atoms with Gasteiger partial charge in [-0.15, -0.1) is 0 Å². The van der Waals surface area contributed by atoms with E-state index in [1.54, 1.807) is 12.0 Å². The van der Waals surface area contributed by atoms with Gasteiger partial charge in [0.25, 0.3) is 0 Å². The summed E-state index contributed by atoms with van der Waals surface area (Å²) in [5.74, 6) is -0.955. The molecule has 1 aliphatic rings. The molecule has 1 saturated heterocycles. The minimum absolute atomic E-state index is 0.0278. The molecule has 0 bridgehead atoms. The number of amides is 1. The fourth-order valence-corrected chi connectivity index (χ4v) is 1.79. The van der Waals surface area contributed by atoms with Crippen LogP contribution in [-0.4, -0.2) is 48.2 Å². The lowest BCUT2D eigenvalue weighted by Crippen LogP contribution is -2.27. The molecule has 0 unspecified atom stereocenters. The number of aliphatic carboxylic acids is 1. The molecule has 1 aliphatic heterocycles. The number of carboxylic acids is 1. The van der Waals surface area contributed by atoms with E-state index in [1.807, 2.05) is 0 Å². The largest absolute Gasteiger partial charge is 0.481 e. The second kappa shape index (κ2) is 4.41. The first-order valence-corrected chi connectivity index (χ1v) is 4.54. The first-order chi connectivity index (χ1) is 6.54. The molecule has 1 rings (SSSR count). The van der Waals surface area contributed by atoms with Gasteiger partial charge in [-0.05, 0) is 0 Å². The van der Waals surface area contributed by atoms with Gasteiger partial charge in [-0.25, -0.2) is 0 Å². The van der Waals surface area contributed by atoms with Crippen LogP contribution in [0.5, 0.6) is 0 Å². The van der Waals surface area contributed by atoms with Crippen LogP contribution in [0.2, 0.25) is 0 Å². The molecule has 0 radical (unpaired) electrons. The molecule has 0 aromatic carbocycles. The summed E-state index contributed by atoms with van der Waals surface area (Å²) in [7, 11) is 1.54. The van der Waals surface area contributed by atoms with E-state index in [1.165, 1.54) is 6.92 Å². The Labute approximate surface area is 82.6 Å². The number of hydrogen-bond donors (Lipinski definition) is 1. The van der Waals surface area contributed by atoms with Crippen molar-refractivity contribution in [2.45, 2.75) is 19.4 Å². The van der Waals surface area contributed by atoms with Crippen molar-refractivity contribution in [3.05, 3.63) is 0 Å². The molecule has 1 amide bonds. The number of nitrogens with zero attached hydrogens (tertiary/aromatic N) is 1. The molecule has 14 heavy (non-hydrogen) atoms. The standard InChI is InChI=1S/C9H15NO4/c1-6(11)10-4-7(3-9(12)13)8(5-10)14-2/h7-8H,3-5H2,1-2H3,(H,12,13)/t7-,8-/m0/s1. The third kappa shape index (κ3) is 2.45. The van der Waals surface area contributed by atoms with Gasteiger partial charge in [0.2, 0.25) is 5.91 Å². The highest BCUT2D eigenvalue weighted by molar-refractivity contribution is 5.74. The summed E-state index contributed by atoms with van der Waals surface area (Å²) in [6.07, 6.45) is -0.0857. The quantitative estimate of drug-likeness (QED) is 0.695. The smallest absolute Gasteiger partial charge is 0.303 e. The van der Waals surface area contributed by atoms with Crippen LogP contribution >= 0.6 is 0 Å². The average Bonchev–Trinajstić information content (AvgIpc) is 2.46. The Balaban J connectivity index is 2.57. The summed E-state index contributed by atoms with van der Waals surface area (Å²) in [5.41, 5.74) is 0. The molecule has 0 aromatic heterocycles. The Morgan fingerprint density at radius 3 is 2.57 bits per heavy atom. The van der Waals surface area contributed by atoms with Gasteiger partial charge in [0.05, 0.1) is 12.5 Å². The molecule has 0 spiro atoms. The fourth-order valence-electron chi connectivity index (χ4n) is 1.79. The van der Waals surface area contributed by atoms with Crippen molar-refractivity contribution in [1.29, 1.82) is 0 Å². The normalized spacial score (nSPS) is 26.6. The van der Waals surface area contributed by atoms with Crippen molar-refractivity contribution >= 4 is 11.9 Å². The monoisotopic (exact) mass is 201 g/mol. The lowest BCUT2D eigenvalue weighted by Gasteiger charge is -2.13. The highest BCUT2D eigenvalue weighted by Gasteiger charge is 2.35. The van der Waals surface area contributed by atoms with Gasteiger partial charge in [0, 0.05) is 33.0 Å². The summed E-state index contributed by atoms with van der Waals surface area (Å²) >= 11 is 0. The topological polar surface area (TPSA) is 66.8 Å². The third-order valence-corrected chi connectivity index (χ3v) is 2.57. The fraction of sp³-hybridized carbons (Fsp3) is 0.778. The van der Waals surface area contributed by atoms with E-state index < -0.39 is 5.97 Å². The van der Waals surface area contributed by atoms with Gasteiger partial charge >= 0.3 is 5.97 Å². The highest BCUT2D eigenvalue weighted by Crippen LogP contribution is 2.22. The van der Waals surface area contributed by atoms with Crippen LogP contribution in [-0.2, 0) is 14.3 Å². The van der Waals surface area contributed by atoms with Gasteiger partial charge in [-0.1, -0.05) is 0 Å². The zero-order chi connectivity index (χ0) is 10.7. The Kier molecular flexibility index (Phi) is 3.46. The predicted octanol–water partition coefficient (Wildman–Crippen LogP) is -0.0456. The SMILES string of the molecule is CO[C@H]1CN(C(C)=O)C[C@@H]1CC(=O)O. The van der Waals surface area contributed by atoms with Crippen LogP contribution in [0, 0.1) is 5.92 Å². The summed E-state index contributed by atoms with van der Waals surface area (Å²) in [6, 6.07) is 0. The molecular formula is C9H15NO4. The van der Waals surface area contributed by atoms with E-state index in [9.17, 15) is 9.59 Å². The summed E-state index contributed by atoms with van der Waals surface area (Å²) < 4.78 is 5.15. The molecular weight excluding hydrogens is 186 g/mol. The maximum Gasteiger partial charge on any atom is 0.303 e. The van der Waals surface area contributed by atoms with Crippen molar-refractivity contribution in [2.75, 3.05) is 20.2 Å². The zero-order valence-electron chi connectivity index (χ0n) is 8.40. The highest BCUT2D eigenvalue weighted by atomic mass is 16.5. The molecule has 0 aliphatic carbocycles. The Morgan fingerprint density at radius 2 is 2.14 bits per heavy atom. The number of methoxy groups -OCH3 is 1. The van der Waals surface area contributed by atoms with Crippen LogP contribution in [0.25, 0.3) is 0 Å². The van der Waals surface area contributed by atoms with Gasteiger partial charge in [-0.2, -0.15) is 0 Å². The van der Waals surface area contributed by atoms with Gasteiger partial charge in [0.1, 0.15) is 0 Å². The van der Waals surface area contributed by atoms with Gasteiger partial charge in [0.15, 0.2) is 0 Å². The van der Waals surface area contributed by atoms with E-state index in [-0.39, 0.29) is 24.3 Å². The lowest BCUT2D eigenvalue weighted by atomic mass is 10.0. The van der Waals surface area contributed by atoms with Crippen LogP contribution < -0.4 is 0 Å². The average molecular weight is 201 g/mol. The Hall–Kier alpha value is -1.10. The van der Waals surface area contributed by atoms with E-state index in [0.717, 1.165) is 0 Å². The number of hydrogen-bond acceptors (Lipinski definition) is 3. The molecule has 1 heterocycles. The minimum atomic E-state index is -0.845. The molecule has 80 valence electrons. The van der Waals surface area contributed by atoms with E-state index in [4.69, 9.17) is 9.84 Å². The number of likely N-dealkylation sites (tertiary alicyclic amines) is 1. The first-order valence-electron chi connectivity index (χ1n) is 4.54. The Morgan fingerprint density at radius 1 is 1.50 bits per heavy atom. The van der Waals surface area contributed by atoms with Crippen molar-refractivity contribution in [3.63, 3.8) is 0 Å². The molecule has 5 nitrogen and oxygen atoms in total. The van der Waals surface area contributed by atoms with Crippen LogP contribution in [0.1, 0.15) is 13.3 Å². The van der Waals surface area contributed by atoms with E-state index >= 15 is 0 Å². The second-order valence-corrected chi connectivity index (χ2v) is 3.56. The van der Waals surface area contributed by atoms with Crippen molar-refractivity contribution in [1.82, 2.24) is 4.90 Å².